The minimum Gasteiger partial charge on any atom is -0.485 e. The van der Waals surface area contributed by atoms with Gasteiger partial charge in [-0.05, 0) is 35.0 Å². The second-order valence-corrected chi connectivity index (χ2v) is 6.29. The van der Waals surface area contributed by atoms with Gasteiger partial charge in [-0.2, -0.15) is 0 Å². The van der Waals surface area contributed by atoms with Crippen LogP contribution in [-0.4, -0.2) is 22.4 Å². The maximum absolute atomic E-state index is 12.4. The van der Waals surface area contributed by atoms with E-state index in [2.05, 4.69) is 9.97 Å². The number of carbonyl (C=O) groups is 1. The first-order chi connectivity index (χ1) is 11.8. The first-order valence-corrected chi connectivity index (χ1v) is 8.40. The molecule has 4 aromatic rings. The molecular formula is C19H14N2O2S. The highest BCUT2D eigenvalue weighted by molar-refractivity contribution is 7.17. The molecule has 2 aromatic heterocycles. The summed E-state index contributed by atoms with van der Waals surface area (Å²) in [6.45, 7) is 0.00202. The van der Waals surface area contributed by atoms with Gasteiger partial charge in [-0.3, -0.25) is 4.79 Å². The van der Waals surface area contributed by atoms with Gasteiger partial charge in [0.15, 0.2) is 12.4 Å². The summed E-state index contributed by atoms with van der Waals surface area (Å²) in [5, 5.41) is 3.18. The highest BCUT2D eigenvalue weighted by atomic mass is 32.1. The molecule has 4 nitrogen and oxygen atoms in total. The number of nitrogens with one attached hydrogen (secondary N) is 1. The predicted octanol–water partition coefficient (Wildman–Crippen LogP) is 4.55. The molecule has 0 aliphatic rings. The van der Waals surface area contributed by atoms with Crippen LogP contribution in [0.4, 0.5) is 0 Å². The van der Waals surface area contributed by atoms with Gasteiger partial charge >= 0.3 is 0 Å². The largest absolute Gasteiger partial charge is 0.485 e. The number of H-pyrrole nitrogens is 1. The van der Waals surface area contributed by atoms with E-state index >= 15 is 0 Å². The highest BCUT2D eigenvalue weighted by Crippen LogP contribution is 2.28. The molecule has 0 aliphatic carbocycles. The molecule has 24 heavy (non-hydrogen) atoms. The third kappa shape index (κ3) is 2.81. The zero-order chi connectivity index (χ0) is 16.4. The molecule has 2 heterocycles. The van der Waals surface area contributed by atoms with Crippen LogP contribution in [0.15, 0.2) is 66.4 Å². The predicted molar refractivity (Wildman–Crippen MR) is 95.7 cm³/mol. The monoisotopic (exact) mass is 334 g/mol. The molecule has 4 rings (SSSR count). The molecule has 0 spiro atoms. The lowest BCUT2D eigenvalue weighted by atomic mass is 10.1. The molecule has 0 radical (unpaired) electrons. The van der Waals surface area contributed by atoms with Crippen molar-refractivity contribution in [3.8, 4) is 17.0 Å². The molecule has 0 atom stereocenters. The number of aromatic nitrogens is 2. The van der Waals surface area contributed by atoms with Gasteiger partial charge in [0.25, 0.3) is 0 Å². The molecule has 0 unspecified atom stereocenters. The van der Waals surface area contributed by atoms with Crippen LogP contribution >= 0.6 is 11.3 Å². The van der Waals surface area contributed by atoms with Crippen LogP contribution in [-0.2, 0) is 0 Å². The van der Waals surface area contributed by atoms with E-state index < -0.39 is 0 Å². The fourth-order valence-electron chi connectivity index (χ4n) is 2.57. The van der Waals surface area contributed by atoms with Crippen LogP contribution in [0.1, 0.15) is 10.4 Å². The standard InChI is InChI=1S/C19H14N2O2S/c22-17(14-6-5-13-7-8-24-19(13)9-14)11-23-18-4-2-1-3-15(18)16-10-20-12-21-16/h1-10,12H,11H2,(H,20,21). The van der Waals surface area contributed by atoms with Crippen molar-refractivity contribution < 1.29 is 9.53 Å². The smallest absolute Gasteiger partial charge is 0.200 e. The van der Waals surface area contributed by atoms with Gasteiger partial charge in [0, 0.05) is 15.8 Å². The number of para-hydroxylation sites is 1. The molecule has 0 saturated heterocycles. The van der Waals surface area contributed by atoms with Crippen LogP contribution in [0.5, 0.6) is 5.75 Å². The molecular weight excluding hydrogens is 320 g/mol. The average molecular weight is 334 g/mol. The van der Waals surface area contributed by atoms with Gasteiger partial charge in [-0.15, -0.1) is 11.3 Å². The van der Waals surface area contributed by atoms with E-state index in [0.717, 1.165) is 21.3 Å². The number of fused-ring (bicyclic) bond motifs is 1. The van der Waals surface area contributed by atoms with E-state index in [-0.39, 0.29) is 12.4 Å². The summed E-state index contributed by atoms with van der Waals surface area (Å²) in [6, 6.07) is 15.4. The third-order valence-electron chi connectivity index (χ3n) is 3.81. The Hall–Kier alpha value is -2.92. The van der Waals surface area contributed by atoms with Crippen LogP contribution in [0, 0.1) is 0 Å². The zero-order valence-electron chi connectivity index (χ0n) is 12.7. The number of benzene rings is 2. The van der Waals surface area contributed by atoms with Gasteiger partial charge < -0.3 is 9.72 Å². The number of carbonyl (C=O) groups excluding carboxylic acids is 1. The summed E-state index contributed by atoms with van der Waals surface area (Å²) in [5.74, 6) is 0.622. The lowest BCUT2D eigenvalue weighted by molar-refractivity contribution is 0.0922. The number of imidazole rings is 1. The minimum absolute atomic E-state index is 0.00202. The summed E-state index contributed by atoms with van der Waals surface area (Å²) in [5.41, 5.74) is 2.42. The normalized spacial score (nSPS) is 10.8. The van der Waals surface area contributed by atoms with Gasteiger partial charge in [0.1, 0.15) is 5.75 Å². The van der Waals surface area contributed by atoms with Crippen molar-refractivity contribution >= 4 is 27.2 Å². The summed E-state index contributed by atoms with van der Waals surface area (Å²) in [6.07, 6.45) is 3.35. The van der Waals surface area contributed by atoms with E-state index in [1.807, 2.05) is 53.9 Å². The molecule has 0 bridgehead atoms. The molecule has 0 fully saturated rings. The summed E-state index contributed by atoms with van der Waals surface area (Å²) in [4.78, 5) is 19.5. The second kappa shape index (κ2) is 6.29. The SMILES string of the molecule is O=C(COc1ccccc1-c1cnc[nH]1)c1ccc2ccsc2c1. The van der Waals surface area contributed by atoms with E-state index in [4.69, 9.17) is 4.74 Å². The van der Waals surface area contributed by atoms with Crippen LogP contribution in [0.3, 0.4) is 0 Å². The van der Waals surface area contributed by atoms with E-state index in [1.165, 1.54) is 0 Å². The van der Waals surface area contributed by atoms with Crippen LogP contribution in [0.25, 0.3) is 21.3 Å². The number of thiophene rings is 1. The molecule has 118 valence electrons. The quantitative estimate of drug-likeness (QED) is 0.545. The minimum atomic E-state index is -0.0373. The summed E-state index contributed by atoms with van der Waals surface area (Å²) >= 11 is 1.63. The van der Waals surface area contributed by atoms with Gasteiger partial charge in [0.05, 0.1) is 18.2 Å². The zero-order valence-corrected chi connectivity index (χ0v) is 13.5. The van der Waals surface area contributed by atoms with Crippen molar-refractivity contribution in [2.24, 2.45) is 0 Å². The first-order valence-electron chi connectivity index (χ1n) is 7.52. The Morgan fingerprint density at radius 3 is 2.96 bits per heavy atom. The van der Waals surface area contributed by atoms with Crippen LogP contribution in [0.2, 0.25) is 0 Å². The third-order valence-corrected chi connectivity index (χ3v) is 4.69. The van der Waals surface area contributed by atoms with Crippen LogP contribution < -0.4 is 4.74 Å². The Balaban J connectivity index is 1.53. The Kier molecular flexibility index (Phi) is 3.84. The number of hydrogen-bond donors (Lipinski definition) is 1. The maximum atomic E-state index is 12.4. The average Bonchev–Trinajstić information content (AvgIpc) is 3.30. The van der Waals surface area contributed by atoms with Gasteiger partial charge in [0.2, 0.25) is 0 Å². The van der Waals surface area contributed by atoms with Crippen molar-refractivity contribution in [1.82, 2.24) is 9.97 Å². The molecule has 5 heteroatoms. The number of nitrogens with zero attached hydrogens (tertiary/aromatic N) is 1. The Labute approximate surface area is 142 Å². The van der Waals surface area contributed by atoms with Crippen molar-refractivity contribution in [2.75, 3.05) is 6.61 Å². The molecule has 2 aromatic carbocycles. The van der Waals surface area contributed by atoms with Gasteiger partial charge in [-0.25, -0.2) is 4.98 Å². The summed E-state index contributed by atoms with van der Waals surface area (Å²) < 4.78 is 6.89. The lowest BCUT2D eigenvalue weighted by Gasteiger charge is -2.10. The topological polar surface area (TPSA) is 55.0 Å². The number of Topliss-reactive ketones (excluding diaryl/α,β-unsaturated/α-hetero) is 1. The van der Waals surface area contributed by atoms with Crippen molar-refractivity contribution in [3.63, 3.8) is 0 Å². The molecule has 0 amide bonds. The Morgan fingerprint density at radius 1 is 1.17 bits per heavy atom. The maximum Gasteiger partial charge on any atom is 0.200 e. The van der Waals surface area contributed by atoms with Gasteiger partial charge in [-0.1, -0.05) is 24.3 Å². The lowest BCUT2D eigenvalue weighted by Crippen LogP contribution is -2.11. The van der Waals surface area contributed by atoms with E-state index in [1.54, 1.807) is 23.9 Å². The molecule has 1 N–H and O–H groups in total. The van der Waals surface area contributed by atoms with E-state index in [9.17, 15) is 4.79 Å². The molecule has 0 saturated carbocycles. The number of aromatic amines is 1. The van der Waals surface area contributed by atoms with Crippen molar-refractivity contribution in [2.45, 2.75) is 0 Å². The number of rotatable bonds is 5. The Morgan fingerprint density at radius 2 is 2.08 bits per heavy atom. The first kappa shape index (κ1) is 14.7. The fraction of sp³-hybridized carbons (Fsp3) is 0.0526. The highest BCUT2D eigenvalue weighted by Gasteiger charge is 2.11. The molecule has 0 aliphatic heterocycles. The van der Waals surface area contributed by atoms with E-state index in [0.29, 0.717) is 11.3 Å². The Bertz CT molecular complexity index is 989. The fourth-order valence-corrected chi connectivity index (χ4v) is 3.40. The van der Waals surface area contributed by atoms with Crippen molar-refractivity contribution in [3.05, 3.63) is 72.0 Å². The second-order valence-electron chi connectivity index (χ2n) is 5.35. The summed E-state index contributed by atoms with van der Waals surface area (Å²) in [7, 11) is 0. The number of ketones is 1. The number of hydrogen-bond acceptors (Lipinski definition) is 4. The number of ether oxygens (including phenoxy) is 1. The van der Waals surface area contributed by atoms with Crippen molar-refractivity contribution in [1.29, 1.82) is 0 Å².